The number of aliphatic hydroxyl groups excluding tert-OH is 2. The molecular formula is C22H23NO6. The molecule has 3 rings (SSSR count). The summed E-state index contributed by atoms with van der Waals surface area (Å²) in [4.78, 5) is 26.6. The molecule has 0 spiro atoms. The molecule has 1 atom stereocenters. The third kappa shape index (κ3) is 3.95. The summed E-state index contributed by atoms with van der Waals surface area (Å²) in [5.74, 6) is -0.649. The molecule has 2 aromatic rings. The Morgan fingerprint density at radius 1 is 1.10 bits per heavy atom. The minimum atomic E-state index is -0.830. The zero-order valence-electron chi connectivity index (χ0n) is 16.3. The lowest BCUT2D eigenvalue weighted by Gasteiger charge is -2.24. The molecule has 1 aliphatic heterocycles. The zero-order valence-corrected chi connectivity index (χ0v) is 16.3. The lowest BCUT2D eigenvalue weighted by molar-refractivity contribution is -0.140. The number of hydrogen-bond acceptors (Lipinski definition) is 6. The van der Waals surface area contributed by atoms with Gasteiger partial charge in [-0.1, -0.05) is 12.1 Å². The quantitative estimate of drug-likeness (QED) is 0.423. The predicted molar refractivity (Wildman–Crippen MR) is 107 cm³/mol. The first kappa shape index (κ1) is 20.4. The lowest BCUT2D eigenvalue weighted by Crippen LogP contribution is -2.32. The van der Waals surface area contributed by atoms with E-state index >= 15 is 0 Å². The van der Waals surface area contributed by atoms with Crippen molar-refractivity contribution in [1.29, 1.82) is 0 Å². The highest BCUT2D eigenvalue weighted by molar-refractivity contribution is 6.46. The van der Waals surface area contributed by atoms with E-state index in [0.717, 1.165) is 0 Å². The van der Waals surface area contributed by atoms with Crippen molar-refractivity contribution in [2.75, 3.05) is 26.9 Å². The van der Waals surface area contributed by atoms with Crippen molar-refractivity contribution in [3.05, 3.63) is 65.2 Å². The van der Waals surface area contributed by atoms with Crippen molar-refractivity contribution in [2.45, 2.75) is 13.0 Å². The molecule has 152 valence electrons. The number of β-amino-alcohol motifs (C(OH)–C–C–N with tert-alkyl or cyclic N) is 1. The number of Topliss-reactive ketones (excluding diaryl/α,β-unsaturated/α-hetero) is 1. The number of hydrogen-bond donors (Lipinski definition) is 2. The molecule has 0 aliphatic carbocycles. The number of carbonyl (C=O) groups is 2. The predicted octanol–water partition coefficient (Wildman–Crippen LogP) is 2.51. The van der Waals surface area contributed by atoms with Crippen LogP contribution in [0, 0.1) is 0 Å². The fraction of sp³-hybridized carbons (Fsp3) is 0.273. The molecule has 1 aliphatic rings. The Kier molecular flexibility index (Phi) is 6.19. The van der Waals surface area contributed by atoms with Crippen molar-refractivity contribution >= 4 is 17.4 Å². The number of rotatable bonds is 7. The second-order valence-corrected chi connectivity index (χ2v) is 6.45. The first-order valence-corrected chi connectivity index (χ1v) is 9.28. The average molecular weight is 397 g/mol. The second-order valence-electron chi connectivity index (χ2n) is 6.45. The molecule has 2 aromatic carbocycles. The van der Waals surface area contributed by atoms with Crippen LogP contribution in [0.15, 0.2) is 54.1 Å². The Hall–Kier alpha value is -3.32. The van der Waals surface area contributed by atoms with Crippen LogP contribution in [0.25, 0.3) is 5.76 Å². The fourth-order valence-electron chi connectivity index (χ4n) is 3.41. The number of amides is 1. The fourth-order valence-corrected chi connectivity index (χ4v) is 3.41. The molecule has 1 saturated heterocycles. The van der Waals surface area contributed by atoms with E-state index in [9.17, 15) is 19.8 Å². The Bertz CT molecular complexity index is 935. The topological polar surface area (TPSA) is 96.3 Å². The van der Waals surface area contributed by atoms with Gasteiger partial charge in [-0.15, -0.1) is 0 Å². The molecular weight excluding hydrogens is 374 g/mol. The van der Waals surface area contributed by atoms with Crippen molar-refractivity contribution in [3.8, 4) is 11.5 Å². The van der Waals surface area contributed by atoms with Gasteiger partial charge in [0.25, 0.3) is 11.7 Å². The summed E-state index contributed by atoms with van der Waals surface area (Å²) in [7, 11) is 1.52. The van der Waals surface area contributed by atoms with Crippen molar-refractivity contribution < 1.29 is 29.3 Å². The van der Waals surface area contributed by atoms with Crippen molar-refractivity contribution in [3.63, 3.8) is 0 Å². The highest BCUT2D eigenvalue weighted by atomic mass is 16.5. The second kappa shape index (κ2) is 8.79. The van der Waals surface area contributed by atoms with E-state index < -0.39 is 17.7 Å². The van der Waals surface area contributed by atoms with Gasteiger partial charge in [0.15, 0.2) is 0 Å². The minimum absolute atomic E-state index is 0.0270. The molecule has 0 radical (unpaired) electrons. The maximum absolute atomic E-state index is 12.8. The molecule has 29 heavy (non-hydrogen) atoms. The smallest absolute Gasteiger partial charge is 0.295 e. The van der Waals surface area contributed by atoms with E-state index in [-0.39, 0.29) is 24.5 Å². The molecule has 7 nitrogen and oxygen atoms in total. The van der Waals surface area contributed by atoms with Crippen LogP contribution in [0.2, 0.25) is 0 Å². The van der Waals surface area contributed by atoms with Crippen LogP contribution >= 0.6 is 0 Å². The molecule has 0 saturated carbocycles. The van der Waals surface area contributed by atoms with Gasteiger partial charge >= 0.3 is 0 Å². The van der Waals surface area contributed by atoms with E-state index in [1.165, 1.54) is 12.0 Å². The van der Waals surface area contributed by atoms with Gasteiger partial charge in [0, 0.05) is 12.1 Å². The third-order valence-electron chi connectivity index (χ3n) is 4.73. The van der Waals surface area contributed by atoms with Gasteiger partial charge in [-0.25, -0.2) is 0 Å². The average Bonchev–Trinajstić information content (AvgIpc) is 2.99. The van der Waals surface area contributed by atoms with E-state index in [2.05, 4.69) is 0 Å². The Labute approximate surface area is 168 Å². The van der Waals surface area contributed by atoms with Crippen LogP contribution in [0.1, 0.15) is 24.1 Å². The Morgan fingerprint density at radius 3 is 2.45 bits per heavy atom. The molecule has 0 aromatic heterocycles. The van der Waals surface area contributed by atoms with E-state index in [0.29, 0.717) is 29.2 Å². The molecule has 1 fully saturated rings. The third-order valence-corrected chi connectivity index (χ3v) is 4.73. The van der Waals surface area contributed by atoms with Gasteiger partial charge in [0.1, 0.15) is 17.3 Å². The number of ketones is 1. The van der Waals surface area contributed by atoms with Crippen LogP contribution in [0.4, 0.5) is 0 Å². The van der Waals surface area contributed by atoms with Crippen LogP contribution in [0.3, 0.4) is 0 Å². The highest BCUT2D eigenvalue weighted by Gasteiger charge is 2.45. The number of methoxy groups -OCH3 is 1. The number of ether oxygens (including phenoxy) is 2. The number of aliphatic hydroxyl groups is 2. The maximum Gasteiger partial charge on any atom is 0.295 e. The van der Waals surface area contributed by atoms with Crippen LogP contribution in [-0.2, 0) is 9.59 Å². The number of likely N-dealkylation sites (tertiary alicyclic amines) is 1. The summed E-state index contributed by atoms with van der Waals surface area (Å²) in [5, 5.41) is 20.3. The van der Waals surface area contributed by atoms with E-state index in [1.807, 2.05) is 6.92 Å². The van der Waals surface area contributed by atoms with Gasteiger partial charge in [0.05, 0.1) is 31.9 Å². The normalized spacial score (nSPS) is 18.2. The largest absolute Gasteiger partial charge is 0.507 e. The summed E-state index contributed by atoms with van der Waals surface area (Å²) < 4.78 is 10.7. The van der Waals surface area contributed by atoms with Crippen LogP contribution < -0.4 is 9.47 Å². The Balaban J connectivity index is 2.12. The molecule has 0 bridgehead atoms. The van der Waals surface area contributed by atoms with Crippen LogP contribution in [-0.4, -0.2) is 53.7 Å². The Morgan fingerprint density at radius 2 is 1.83 bits per heavy atom. The van der Waals surface area contributed by atoms with E-state index in [1.54, 1.807) is 48.5 Å². The first-order chi connectivity index (χ1) is 14.0. The lowest BCUT2D eigenvalue weighted by atomic mass is 9.95. The van der Waals surface area contributed by atoms with Gasteiger partial charge in [-0.2, -0.15) is 0 Å². The monoisotopic (exact) mass is 397 g/mol. The first-order valence-electron chi connectivity index (χ1n) is 9.28. The number of nitrogens with zero attached hydrogens (tertiary/aromatic N) is 1. The highest BCUT2D eigenvalue weighted by Crippen LogP contribution is 2.40. The summed E-state index contributed by atoms with van der Waals surface area (Å²) in [6, 6.07) is 12.7. The molecule has 1 amide bonds. The summed E-state index contributed by atoms with van der Waals surface area (Å²) >= 11 is 0. The standard InChI is InChI=1S/C22H23NO6/c1-3-29-16-9-7-14(8-10-16)20(25)18-19(15-5-4-6-17(13-15)28-2)23(11-12-24)22(27)21(18)26/h4-10,13,19,24-25H,3,11-12H2,1-2H3/b20-18-. The minimum Gasteiger partial charge on any atom is -0.507 e. The van der Waals surface area contributed by atoms with Crippen molar-refractivity contribution in [1.82, 2.24) is 4.90 Å². The maximum atomic E-state index is 12.8. The molecule has 2 N–H and O–H groups in total. The molecule has 1 heterocycles. The molecule has 7 heteroatoms. The summed E-state index contributed by atoms with van der Waals surface area (Å²) in [6.07, 6.45) is 0. The van der Waals surface area contributed by atoms with Crippen LogP contribution in [0.5, 0.6) is 11.5 Å². The van der Waals surface area contributed by atoms with Gasteiger partial charge < -0.3 is 24.6 Å². The molecule has 1 unspecified atom stereocenters. The number of carbonyl (C=O) groups excluding carboxylic acids is 2. The van der Waals surface area contributed by atoms with E-state index in [4.69, 9.17) is 9.47 Å². The van der Waals surface area contributed by atoms with Crippen molar-refractivity contribution in [2.24, 2.45) is 0 Å². The van der Waals surface area contributed by atoms with Gasteiger partial charge in [-0.3, -0.25) is 9.59 Å². The number of benzene rings is 2. The summed E-state index contributed by atoms with van der Waals surface area (Å²) in [5.41, 5.74) is 0.966. The summed E-state index contributed by atoms with van der Waals surface area (Å²) in [6.45, 7) is 2.03. The van der Waals surface area contributed by atoms with Gasteiger partial charge in [-0.05, 0) is 48.9 Å². The SMILES string of the molecule is CCOc1ccc(/C(O)=C2/C(=O)C(=O)N(CCO)C2c2cccc(OC)c2)cc1. The van der Waals surface area contributed by atoms with Gasteiger partial charge in [0.2, 0.25) is 0 Å². The zero-order chi connectivity index (χ0) is 21.0.